The van der Waals surface area contributed by atoms with E-state index in [-0.39, 0.29) is 29.1 Å². The summed E-state index contributed by atoms with van der Waals surface area (Å²) >= 11 is 1.17. The molecule has 2 fully saturated rings. The fraction of sp³-hybridized carbons (Fsp3) is 0.684. The number of nitrogens with zero attached hydrogens (tertiary/aromatic N) is 5. The SMILES string of the molecule is Cn1c(=O)c2[nH]c(SCCC(=O)NS(=O)(=O)CCN3CCN(C4CC4)CC3)nc2n(C)c1=O. The van der Waals surface area contributed by atoms with Crippen LogP contribution in [0.25, 0.3) is 11.2 Å². The molecule has 3 heterocycles. The van der Waals surface area contributed by atoms with Gasteiger partial charge in [0.15, 0.2) is 16.3 Å². The second-order valence-corrected chi connectivity index (χ2v) is 11.4. The van der Waals surface area contributed by atoms with Crippen LogP contribution in [0.2, 0.25) is 0 Å². The molecule has 0 aromatic carbocycles. The van der Waals surface area contributed by atoms with Gasteiger partial charge in [-0.1, -0.05) is 11.8 Å². The van der Waals surface area contributed by atoms with Gasteiger partial charge in [0.05, 0.1) is 5.75 Å². The number of rotatable bonds is 9. The molecular weight excluding hydrogens is 470 g/mol. The number of piperazine rings is 1. The third kappa shape index (κ3) is 5.67. The molecule has 0 unspecified atom stereocenters. The Bertz CT molecular complexity index is 1250. The molecule has 12 nitrogen and oxygen atoms in total. The van der Waals surface area contributed by atoms with Crippen LogP contribution in [-0.4, -0.2) is 93.5 Å². The smallest absolute Gasteiger partial charge is 0.327 e. The number of hydrogen-bond donors (Lipinski definition) is 2. The number of thioether (sulfide) groups is 1. The lowest BCUT2D eigenvalue weighted by atomic mass is 10.3. The highest BCUT2D eigenvalue weighted by molar-refractivity contribution is 7.99. The van der Waals surface area contributed by atoms with Gasteiger partial charge in [0.1, 0.15) is 0 Å². The minimum atomic E-state index is -3.70. The Kier molecular flexibility index (Phi) is 6.98. The number of carbonyl (C=O) groups is 1. The summed E-state index contributed by atoms with van der Waals surface area (Å²) in [6.07, 6.45) is 2.51. The van der Waals surface area contributed by atoms with Gasteiger partial charge in [0.2, 0.25) is 15.9 Å². The van der Waals surface area contributed by atoms with Gasteiger partial charge in [-0.15, -0.1) is 0 Å². The Balaban J connectivity index is 1.22. The lowest BCUT2D eigenvalue weighted by molar-refractivity contribution is -0.118. The number of aromatic nitrogens is 4. The average molecular weight is 500 g/mol. The van der Waals surface area contributed by atoms with Crippen molar-refractivity contribution in [3.63, 3.8) is 0 Å². The summed E-state index contributed by atoms with van der Waals surface area (Å²) in [7, 11) is -0.800. The second-order valence-electron chi connectivity index (χ2n) is 8.50. The fourth-order valence-corrected chi connectivity index (χ4v) is 5.79. The molecule has 0 spiro atoms. The van der Waals surface area contributed by atoms with Crippen molar-refractivity contribution in [1.29, 1.82) is 0 Å². The number of nitrogens with one attached hydrogen (secondary N) is 2. The molecule has 0 radical (unpaired) electrons. The first kappa shape index (κ1) is 24.0. The molecule has 4 rings (SSSR count). The summed E-state index contributed by atoms with van der Waals surface area (Å²) < 4.78 is 29.0. The van der Waals surface area contributed by atoms with Crippen LogP contribution in [0.3, 0.4) is 0 Å². The fourth-order valence-electron chi connectivity index (χ4n) is 3.93. The summed E-state index contributed by atoms with van der Waals surface area (Å²) in [6, 6.07) is 0.727. The number of amides is 1. The first-order chi connectivity index (χ1) is 15.6. The van der Waals surface area contributed by atoms with Gasteiger partial charge in [-0.25, -0.2) is 18.2 Å². The van der Waals surface area contributed by atoms with Crippen LogP contribution >= 0.6 is 11.8 Å². The molecule has 2 aromatic heterocycles. The van der Waals surface area contributed by atoms with Gasteiger partial charge in [-0.2, -0.15) is 0 Å². The first-order valence-corrected chi connectivity index (χ1v) is 13.6. The Morgan fingerprint density at radius 1 is 1.15 bits per heavy atom. The summed E-state index contributed by atoms with van der Waals surface area (Å²) in [5, 5.41) is 0.379. The van der Waals surface area contributed by atoms with Crippen molar-refractivity contribution >= 4 is 38.9 Å². The molecule has 2 N–H and O–H groups in total. The number of fused-ring (bicyclic) bond motifs is 1. The molecule has 0 atom stereocenters. The van der Waals surface area contributed by atoms with Crippen molar-refractivity contribution in [1.82, 2.24) is 33.6 Å². The molecule has 1 amide bonds. The van der Waals surface area contributed by atoms with E-state index < -0.39 is 27.2 Å². The Labute approximate surface area is 195 Å². The van der Waals surface area contributed by atoms with Gasteiger partial charge >= 0.3 is 5.69 Å². The Morgan fingerprint density at radius 3 is 2.52 bits per heavy atom. The third-order valence-electron chi connectivity index (χ3n) is 6.06. The molecule has 2 aromatic rings. The molecule has 1 saturated heterocycles. The van der Waals surface area contributed by atoms with E-state index >= 15 is 0 Å². The number of aryl methyl sites for hydroxylation is 1. The van der Waals surface area contributed by atoms with E-state index in [9.17, 15) is 22.8 Å². The van der Waals surface area contributed by atoms with Crippen LogP contribution in [-0.2, 0) is 28.9 Å². The maximum Gasteiger partial charge on any atom is 0.332 e. The molecule has 33 heavy (non-hydrogen) atoms. The summed E-state index contributed by atoms with van der Waals surface area (Å²) in [5.74, 6) is -0.435. The average Bonchev–Trinajstić information content (AvgIpc) is 3.54. The second kappa shape index (κ2) is 9.60. The predicted octanol–water partition coefficient (Wildman–Crippen LogP) is -1.33. The van der Waals surface area contributed by atoms with Crippen molar-refractivity contribution in [2.24, 2.45) is 14.1 Å². The standard InChI is InChI=1S/C19H29N7O5S2/c1-23-16-15(17(28)24(2)19(23)29)20-18(21-16)32-11-5-14(27)22-33(30,31)12-10-25-6-8-26(9-7-25)13-3-4-13/h13H,3-12H2,1-2H3,(H,20,21)(H,22,27). The molecular formula is C19H29N7O5S2. The van der Waals surface area contributed by atoms with Crippen LogP contribution in [0, 0.1) is 0 Å². The first-order valence-electron chi connectivity index (χ1n) is 10.9. The van der Waals surface area contributed by atoms with E-state index in [1.54, 1.807) is 0 Å². The Morgan fingerprint density at radius 2 is 1.85 bits per heavy atom. The number of hydrogen-bond acceptors (Lipinski definition) is 9. The number of carbonyl (C=O) groups excluding carboxylic acids is 1. The lowest BCUT2D eigenvalue weighted by Gasteiger charge is -2.34. The third-order valence-corrected chi connectivity index (χ3v) is 8.19. The number of aromatic amines is 1. The zero-order chi connectivity index (χ0) is 23.8. The maximum absolute atomic E-state index is 12.3. The van der Waals surface area contributed by atoms with Crippen molar-refractivity contribution in [3.05, 3.63) is 20.8 Å². The van der Waals surface area contributed by atoms with Crippen molar-refractivity contribution in [2.75, 3.05) is 44.2 Å². The van der Waals surface area contributed by atoms with E-state index in [0.29, 0.717) is 11.7 Å². The van der Waals surface area contributed by atoms with E-state index in [1.165, 1.54) is 43.3 Å². The number of sulfonamides is 1. The molecule has 1 aliphatic carbocycles. The quantitative estimate of drug-likeness (QED) is 0.401. The Hall–Kier alpha value is -2.16. The minimum absolute atomic E-state index is 0.0298. The van der Waals surface area contributed by atoms with Crippen LogP contribution in [0.4, 0.5) is 0 Å². The van der Waals surface area contributed by atoms with Crippen LogP contribution in [0.1, 0.15) is 19.3 Å². The summed E-state index contributed by atoms with van der Waals surface area (Å²) in [6.45, 7) is 4.04. The van der Waals surface area contributed by atoms with Gasteiger partial charge in [0.25, 0.3) is 5.56 Å². The van der Waals surface area contributed by atoms with Crippen molar-refractivity contribution in [3.8, 4) is 0 Å². The topological polar surface area (TPSA) is 142 Å². The molecule has 1 saturated carbocycles. The molecule has 182 valence electrons. The van der Waals surface area contributed by atoms with E-state index in [2.05, 4.69) is 24.5 Å². The summed E-state index contributed by atoms with van der Waals surface area (Å²) in [5.41, 5.74) is -0.530. The van der Waals surface area contributed by atoms with E-state index in [1.807, 2.05) is 0 Å². The largest absolute Gasteiger partial charge is 0.332 e. The summed E-state index contributed by atoms with van der Waals surface area (Å²) in [4.78, 5) is 48.0. The van der Waals surface area contributed by atoms with Crippen molar-refractivity contribution in [2.45, 2.75) is 30.5 Å². The minimum Gasteiger partial charge on any atom is -0.327 e. The predicted molar refractivity (Wildman–Crippen MR) is 125 cm³/mol. The van der Waals surface area contributed by atoms with E-state index in [4.69, 9.17) is 0 Å². The van der Waals surface area contributed by atoms with Crippen LogP contribution < -0.4 is 16.0 Å². The highest BCUT2D eigenvalue weighted by Crippen LogP contribution is 2.27. The van der Waals surface area contributed by atoms with Crippen LogP contribution in [0.5, 0.6) is 0 Å². The zero-order valence-electron chi connectivity index (χ0n) is 18.7. The van der Waals surface area contributed by atoms with Crippen molar-refractivity contribution < 1.29 is 13.2 Å². The monoisotopic (exact) mass is 499 g/mol. The highest BCUT2D eigenvalue weighted by atomic mass is 32.2. The number of imidazole rings is 1. The molecule has 2 aliphatic rings. The maximum atomic E-state index is 12.3. The van der Waals surface area contributed by atoms with E-state index in [0.717, 1.165) is 36.8 Å². The van der Waals surface area contributed by atoms with Gasteiger partial charge in [0, 0.05) is 65.0 Å². The molecule has 1 aliphatic heterocycles. The van der Waals surface area contributed by atoms with Gasteiger partial charge < -0.3 is 4.98 Å². The normalized spacial score (nSPS) is 18.1. The van der Waals surface area contributed by atoms with Gasteiger partial charge in [-0.3, -0.25) is 33.2 Å². The van der Waals surface area contributed by atoms with Crippen LogP contribution in [0.15, 0.2) is 14.7 Å². The molecule has 14 heteroatoms. The highest BCUT2D eigenvalue weighted by Gasteiger charge is 2.31. The zero-order valence-corrected chi connectivity index (χ0v) is 20.4. The molecule has 0 bridgehead atoms. The lowest BCUT2D eigenvalue weighted by Crippen LogP contribution is -2.49. The number of H-pyrrole nitrogens is 1. The van der Waals surface area contributed by atoms with Gasteiger partial charge in [-0.05, 0) is 12.8 Å².